The molecule has 0 N–H and O–H groups in total. The Morgan fingerprint density at radius 2 is 1.86 bits per heavy atom. The van der Waals surface area contributed by atoms with Crippen LogP contribution in [0.4, 0.5) is 4.39 Å². The monoisotopic (exact) mass is 194 g/mol. The van der Waals surface area contributed by atoms with Gasteiger partial charge in [0.15, 0.2) is 0 Å². The van der Waals surface area contributed by atoms with Crippen molar-refractivity contribution in [2.45, 2.75) is 46.0 Å². The second-order valence-electron chi connectivity index (χ2n) is 4.80. The molecular formula is C13H19F. The molecule has 0 aliphatic carbocycles. The number of benzene rings is 1. The fourth-order valence-corrected chi connectivity index (χ4v) is 1.77. The van der Waals surface area contributed by atoms with Gasteiger partial charge in [0.25, 0.3) is 0 Å². The highest BCUT2D eigenvalue weighted by atomic mass is 19.1. The van der Waals surface area contributed by atoms with E-state index in [-0.39, 0.29) is 11.2 Å². The van der Waals surface area contributed by atoms with Gasteiger partial charge in [0.05, 0.1) is 0 Å². The molecule has 1 aromatic rings. The molecule has 0 atom stereocenters. The maximum absolute atomic E-state index is 13.1. The molecule has 0 amide bonds. The molecular weight excluding hydrogens is 175 g/mol. The zero-order chi connectivity index (χ0) is 10.8. The minimum Gasteiger partial charge on any atom is -0.207 e. The molecule has 0 saturated heterocycles. The molecule has 0 heterocycles. The highest BCUT2D eigenvalue weighted by molar-refractivity contribution is 5.33. The minimum absolute atomic E-state index is 0.109. The minimum atomic E-state index is -0.124. The Morgan fingerprint density at radius 3 is 2.36 bits per heavy atom. The zero-order valence-electron chi connectivity index (χ0n) is 9.52. The molecule has 0 bridgehead atoms. The van der Waals surface area contributed by atoms with E-state index in [1.54, 1.807) is 12.1 Å². The number of rotatable bonds is 2. The molecule has 0 spiro atoms. The van der Waals surface area contributed by atoms with Crippen LogP contribution in [-0.4, -0.2) is 0 Å². The Morgan fingerprint density at radius 1 is 1.21 bits per heavy atom. The first-order valence-corrected chi connectivity index (χ1v) is 5.24. The van der Waals surface area contributed by atoms with E-state index in [1.165, 1.54) is 5.56 Å². The predicted molar refractivity (Wildman–Crippen MR) is 59.1 cm³/mol. The second-order valence-corrected chi connectivity index (χ2v) is 4.80. The van der Waals surface area contributed by atoms with E-state index in [1.807, 2.05) is 6.07 Å². The molecule has 0 aromatic heterocycles. The van der Waals surface area contributed by atoms with Crippen molar-refractivity contribution in [3.8, 4) is 0 Å². The Kier molecular flexibility index (Phi) is 3.30. The highest BCUT2D eigenvalue weighted by Gasteiger charge is 2.17. The van der Waals surface area contributed by atoms with Gasteiger partial charge in [-0.2, -0.15) is 0 Å². The van der Waals surface area contributed by atoms with Gasteiger partial charge in [0, 0.05) is 0 Å². The van der Waals surface area contributed by atoms with Crippen molar-refractivity contribution in [3.63, 3.8) is 0 Å². The summed E-state index contributed by atoms with van der Waals surface area (Å²) in [4.78, 5) is 0. The molecule has 1 heteroatoms. The summed E-state index contributed by atoms with van der Waals surface area (Å²) in [5.74, 6) is -0.124. The maximum atomic E-state index is 13.1. The average Bonchev–Trinajstić information content (AvgIpc) is 2.02. The number of hydrogen-bond donors (Lipinski definition) is 0. The molecule has 0 saturated carbocycles. The summed E-state index contributed by atoms with van der Waals surface area (Å²) >= 11 is 0. The Labute approximate surface area is 86.2 Å². The largest absolute Gasteiger partial charge is 0.207 e. The van der Waals surface area contributed by atoms with Gasteiger partial charge in [0.2, 0.25) is 0 Å². The summed E-state index contributed by atoms with van der Waals surface area (Å²) in [6.07, 6.45) is 2.02. The summed E-state index contributed by atoms with van der Waals surface area (Å²) in [6.45, 7) is 8.62. The Bertz CT molecular complexity index is 308. The van der Waals surface area contributed by atoms with Gasteiger partial charge in [-0.1, -0.05) is 40.2 Å². The number of halogens is 1. The summed E-state index contributed by atoms with van der Waals surface area (Å²) in [6, 6.07) is 5.14. The van der Waals surface area contributed by atoms with Crippen LogP contribution >= 0.6 is 0 Å². The lowest BCUT2D eigenvalue weighted by Gasteiger charge is -2.22. The standard InChI is InChI=1S/C13H19F/c1-5-6-10-9-11(14)7-8-12(10)13(2,3)4/h7-9H,5-6H2,1-4H3. The normalized spacial score (nSPS) is 11.8. The van der Waals surface area contributed by atoms with Crippen LogP contribution < -0.4 is 0 Å². The van der Waals surface area contributed by atoms with Crippen molar-refractivity contribution in [1.29, 1.82) is 0 Å². The highest BCUT2D eigenvalue weighted by Crippen LogP contribution is 2.27. The lowest BCUT2D eigenvalue weighted by atomic mass is 9.82. The third-order valence-corrected chi connectivity index (χ3v) is 2.39. The van der Waals surface area contributed by atoms with Crippen molar-refractivity contribution in [3.05, 3.63) is 35.1 Å². The Balaban J connectivity index is 3.15. The summed E-state index contributed by atoms with van der Waals surface area (Å²) in [5, 5.41) is 0. The van der Waals surface area contributed by atoms with Crippen LogP contribution in [-0.2, 0) is 11.8 Å². The van der Waals surface area contributed by atoms with Crippen molar-refractivity contribution < 1.29 is 4.39 Å². The van der Waals surface area contributed by atoms with Crippen LogP contribution in [0.3, 0.4) is 0 Å². The fraction of sp³-hybridized carbons (Fsp3) is 0.538. The maximum Gasteiger partial charge on any atom is 0.123 e. The first kappa shape index (κ1) is 11.2. The van der Waals surface area contributed by atoms with Crippen molar-refractivity contribution >= 4 is 0 Å². The number of hydrogen-bond acceptors (Lipinski definition) is 0. The average molecular weight is 194 g/mol. The molecule has 0 radical (unpaired) electrons. The zero-order valence-corrected chi connectivity index (χ0v) is 9.52. The topological polar surface area (TPSA) is 0 Å². The van der Waals surface area contributed by atoms with Crippen molar-refractivity contribution in [2.75, 3.05) is 0 Å². The Hall–Kier alpha value is -0.850. The van der Waals surface area contributed by atoms with E-state index in [9.17, 15) is 4.39 Å². The lowest BCUT2D eigenvalue weighted by Crippen LogP contribution is -2.14. The van der Waals surface area contributed by atoms with Crippen LogP contribution in [0.1, 0.15) is 45.2 Å². The van der Waals surface area contributed by atoms with Crippen molar-refractivity contribution in [2.24, 2.45) is 0 Å². The quantitative estimate of drug-likeness (QED) is 0.665. The van der Waals surface area contributed by atoms with Gasteiger partial charge < -0.3 is 0 Å². The summed E-state index contributed by atoms with van der Waals surface area (Å²) < 4.78 is 13.1. The third kappa shape index (κ3) is 2.57. The molecule has 0 aliphatic heterocycles. The van der Waals surface area contributed by atoms with E-state index >= 15 is 0 Å². The van der Waals surface area contributed by atoms with Gasteiger partial charge in [-0.3, -0.25) is 0 Å². The van der Waals surface area contributed by atoms with Crippen molar-refractivity contribution in [1.82, 2.24) is 0 Å². The summed E-state index contributed by atoms with van der Waals surface area (Å²) in [5.41, 5.74) is 2.53. The van der Waals surface area contributed by atoms with E-state index in [4.69, 9.17) is 0 Å². The van der Waals surface area contributed by atoms with E-state index in [2.05, 4.69) is 27.7 Å². The SMILES string of the molecule is CCCc1cc(F)ccc1C(C)(C)C. The fourth-order valence-electron chi connectivity index (χ4n) is 1.77. The van der Waals surface area contributed by atoms with Crippen LogP contribution in [0.25, 0.3) is 0 Å². The molecule has 0 nitrogen and oxygen atoms in total. The van der Waals surface area contributed by atoms with E-state index in [0.29, 0.717) is 0 Å². The van der Waals surface area contributed by atoms with Crippen LogP contribution in [0.5, 0.6) is 0 Å². The molecule has 1 aromatic carbocycles. The molecule has 0 fully saturated rings. The molecule has 0 aliphatic rings. The first-order valence-electron chi connectivity index (χ1n) is 5.24. The predicted octanol–water partition coefficient (Wildman–Crippen LogP) is 4.08. The second kappa shape index (κ2) is 4.12. The first-order chi connectivity index (χ1) is 6.45. The smallest absolute Gasteiger partial charge is 0.123 e. The number of aryl methyl sites for hydroxylation is 1. The molecule has 0 unspecified atom stereocenters. The lowest BCUT2D eigenvalue weighted by molar-refractivity contribution is 0.572. The van der Waals surface area contributed by atoms with Gasteiger partial charge in [-0.25, -0.2) is 4.39 Å². The summed E-state index contributed by atoms with van der Waals surface area (Å²) in [7, 11) is 0. The molecule has 14 heavy (non-hydrogen) atoms. The van der Waals surface area contributed by atoms with Gasteiger partial charge in [-0.15, -0.1) is 0 Å². The van der Waals surface area contributed by atoms with E-state index < -0.39 is 0 Å². The van der Waals surface area contributed by atoms with Gasteiger partial charge in [0.1, 0.15) is 5.82 Å². The van der Waals surface area contributed by atoms with Gasteiger partial charge >= 0.3 is 0 Å². The van der Waals surface area contributed by atoms with Crippen LogP contribution in [0, 0.1) is 5.82 Å². The van der Waals surface area contributed by atoms with Gasteiger partial charge in [-0.05, 0) is 35.1 Å². The van der Waals surface area contributed by atoms with E-state index in [0.717, 1.165) is 18.4 Å². The third-order valence-electron chi connectivity index (χ3n) is 2.39. The van der Waals surface area contributed by atoms with Crippen LogP contribution in [0.15, 0.2) is 18.2 Å². The van der Waals surface area contributed by atoms with Crippen LogP contribution in [0.2, 0.25) is 0 Å². The molecule has 1 rings (SSSR count). The molecule has 78 valence electrons.